The fraction of sp³-hybridized carbons (Fsp3) is 0.250. The van der Waals surface area contributed by atoms with E-state index in [0.29, 0.717) is 22.6 Å². The van der Waals surface area contributed by atoms with Crippen LogP contribution in [0.5, 0.6) is 11.5 Å². The van der Waals surface area contributed by atoms with Gasteiger partial charge in [-0.2, -0.15) is 5.26 Å². The highest BCUT2D eigenvalue weighted by Gasteiger charge is 2.41. The predicted octanol–water partition coefficient (Wildman–Crippen LogP) is 4.13. The number of nitriles is 1. The van der Waals surface area contributed by atoms with Crippen molar-refractivity contribution < 1.29 is 28.6 Å². The summed E-state index contributed by atoms with van der Waals surface area (Å²) in [5.74, 6) is -0.302. The number of thioether (sulfide) groups is 1. The third kappa shape index (κ3) is 5.35. The standard InChI is InChI=1S/C24H22N2O6S/c1-4-31-23(28)15(2)26-22(27)21(33-24(26)29)12-16-9-10-19(20(11-16)30-3)32-14-18-8-6-5-7-17(18)13-25/h5-12,15H,4,14H2,1-3H3/b21-12+/t15-/m1/s1. The molecule has 1 saturated heterocycles. The molecule has 0 aromatic heterocycles. The molecule has 2 amide bonds. The number of esters is 1. The third-order valence-electron chi connectivity index (χ3n) is 4.84. The lowest BCUT2D eigenvalue weighted by molar-refractivity contribution is -0.150. The SMILES string of the molecule is CCOC(=O)[C@@H](C)N1C(=O)S/C(=C/c2ccc(OCc3ccccc3C#N)c(OC)c2)C1=O. The zero-order valence-corrected chi connectivity index (χ0v) is 19.2. The van der Waals surface area contributed by atoms with Crippen LogP contribution >= 0.6 is 11.8 Å². The van der Waals surface area contributed by atoms with E-state index in [1.165, 1.54) is 14.0 Å². The third-order valence-corrected chi connectivity index (χ3v) is 5.73. The van der Waals surface area contributed by atoms with E-state index in [1.807, 2.05) is 12.1 Å². The van der Waals surface area contributed by atoms with Crippen molar-refractivity contribution >= 4 is 35.0 Å². The average Bonchev–Trinajstić information content (AvgIpc) is 3.10. The predicted molar refractivity (Wildman–Crippen MR) is 122 cm³/mol. The van der Waals surface area contributed by atoms with Gasteiger partial charge in [-0.15, -0.1) is 0 Å². The van der Waals surface area contributed by atoms with Crippen LogP contribution in [0.25, 0.3) is 6.08 Å². The number of carbonyl (C=O) groups excluding carboxylic acids is 3. The van der Waals surface area contributed by atoms with Gasteiger partial charge in [0.1, 0.15) is 12.6 Å². The molecule has 170 valence electrons. The van der Waals surface area contributed by atoms with Crippen molar-refractivity contribution in [1.29, 1.82) is 5.26 Å². The number of rotatable bonds is 8. The van der Waals surface area contributed by atoms with Gasteiger partial charge in [-0.3, -0.25) is 14.5 Å². The molecule has 0 N–H and O–H groups in total. The highest BCUT2D eigenvalue weighted by molar-refractivity contribution is 8.18. The summed E-state index contributed by atoms with van der Waals surface area (Å²) in [5.41, 5.74) is 1.89. The van der Waals surface area contributed by atoms with Crippen LogP contribution in [-0.4, -0.2) is 41.8 Å². The molecule has 0 spiro atoms. The fourth-order valence-electron chi connectivity index (χ4n) is 3.14. The Morgan fingerprint density at radius 1 is 1.21 bits per heavy atom. The first kappa shape index (κ1) is 23.9. The van der Waals surface area contributed by atoms with Crippen LogP contribution in [0.3, 0.4) is 0 Å². The summed E-state index contributed by atoms with van der Waals surface area (Å²) in [7, 11) is 1.49. The molecule has 1 heterocycles. The van der Waals surface area contributed by atoms with Crippen LogP contribution < -0.4 is 9.47 Å². The van der Waals surface area contributed by atoms with Gasteiger partial charge >= 0.3 is 5.97 Å². The van der Waals surface area contributed by atoms with Gasteiger partial charge in [-0.25, -0.2) is 4.79 Å². The van der Waals surface area contributed by atoms with Gasteiger partial charge < -0.3 is 14.2 Å². The highest BCUT2D eigenvalue weighted by Crippen LogP contribution is 2.36. The first-order valence-electron chi connectivity index (χ1n) is 10.1. The molecule has 0 unspecified atom stereocenters. The Morgan fingerprint density at radius 3 is 2.67 bits per heavy atom. The Labute approximate surface area is 195 Å². The van der Waals surface area contributed by atoms with Gasteiger partial charge in [0.25, 0.3) is 11.1 Å². The molecule has 8 nitrogen and oxygen atoms in total. The summed E-state index contributed by atoms with van der Waals surface area (Å²) < 4.78 is 16.2. The maximum Gasteiger partial charge on any atom is 0.329 e. The molecule has 3 rings (SSSR count). The van der Waals surface area contributed by atoms with Gasteiger partial charge in [0.2, 0.25) is 0 Å². The number of benzene rings is 2. The normalized spacial score (nSPS) is 15.3. The molecule has 9 heteroatoms. The van der Waals surface area contributed by atoms with Crippen LogP contribution in [0, 0.1) is 11.3 Å². The number of ether oxygens (including phenoxy) is 3. The number of carbonyl (C=O) groups is 3. The van der Waals surface area contributed by atoms with Crippen LogP contribution in [0.2, 0.25) is 0 Å². The number of hydrogen-bond acceptors (Lipinski definition) is 8. The van der Waals surface area contributed by atoms with E-state index in [-0.39, 0.29) is 18.1 Å². The molecule has 1 fully saturated rings. The second-order valence-corrected chi connectivity index (χ2v) is 7.94. The maximum atomic E-state index is 12.7. The molecular formula is C24H22N2O6S. The molecule has 0 aliphatic carbocycles. The van der Waals surface area contributed by atoms with E-state index in [1.54, 1.807) is 43.3 Å². The van der Waals surface area contributed by atoms with Crippen LogP contribution in [0.1, 0.15) is 30.5 Å². The lowest BCUT2D eigenvalue weighted by Gasteiger charge is -2.19. The number of amides is 2. The Hall–Kier alpha value is -3.77. The summed E-state index contributed by atoms with van der Waals surface area (Å²) >= 11 is 0.758. The topological polar surface area (TPSA) is 106 Å². The second kappa shape index (κ2) is 10.7. The molecule has 1 atom stereocenters. The van der Waals surface area contributed by atoms with Crippen LogP contribution in [0.15, 0.2) is 47.4 Å². The molecule has 2 aromatic carbocycles. The summed E-state index contributed by atoms with van der Waals surface area (Å²) in [6, 6.07) is 13.3. The van der Waals surface area contributed by atoms with Gasteiger partial charge in [0, 0.05) is 5.56 Å². The van der Waals surface area contributed by atoms with E-state index in [2.05, 4.69) is 6.07 Å². The molecule has 0 saturated carbocycles. The number of hydrogen-bond donors (Lipinski definition) is 0. The van der Waals surface area contributed by atoms with E-state index in [0.717, 1.165) is 22.2 Å². The van der Waals surface area contributed by atoms with Crippen molar-refractivity contribution in [3.63, 3.8) is 0 Å². The largest absolute Gasteiger partial charge is 0.493 e. The van der Waals surface area contributed by atoms with Crippen molar-refractivity contribution in [2.75, 3.05) is 13.7 Å². The number of imide groups is 1. The van der Waals surface area contributed by atoms with E-state index in [9.17, 15) is 19.6 Å². The van der Waals surface area contributed by atoms with Crippen molar-refractivity contribution in [2.45, 2.75) is 26.5 Å². The average molecular weight is 467 g/mol. The summed E-state index contributed by atoms with van der Waals surface area (Å²) in [5, 5.41) is 8.69. The lowest BCUT2D eigenvalue weighted by Crippen LogP contribution is -2.42. The number of methoxy groups -OCH3 is 1. The minimum Gasteiger partial charge on any atom is -0.493 e. The molecule has 2 aromatic rings. The summed E-state index contributed by atoms with van der Waals surface area (Å²) in [4.78, 5) is 38.1. The fourth-order valence-corrected chi connectivity index (χ4v) is 4.05. The summed E-state index contributed by atoms with van der Waals surface area (Å²) in [6.07, 6.45) is 1.56. The van der Waals surface area contributed by atoms with Crippen molar-refractivity contribution in [1.82, 2.24) is 4.90 Å². The maximum absolute atomic E-state index is 12.7. The minimum atomic E-state index is -1.01. The molecular weight excluding hydrogens is 444 g/mol. The molecule has 0 radical (unpaired) electrons. The van der Waals surface area contributed by atoms with Gasteiger partial charge in [0.05, 0.1) is 30.3 Å². The quantitative estimate of drug-likeness (QED) is 0.422. The Morgan fingerprint density at radius 2 is 1.97 bits per heavy atom. The first-order chi connectivity index (χ1) is 15.9. The molecule has 1 aliphatic rings. The highest BCUT2D eigenvalue weighted by atomic mass is 32.2. The number of nitrogens with zero attached hydrogens (tertiary/aromatic N) is 2. The Bertz CT molecular complexity index is 1150. The molecule has 0 bridgehead atoms. The Balaban J connectivity index is 1.78. The lowest BCUT2D eigenvalue weighted by atomic mass is 10.1. The zero-order valence-electron chi connectivity index (χ0n) is 18.4. The smallest absolute Gasteiger partial charge is 0.329 e. The van der Waals surface area contributed by atoms with Gasteiger partial charge in [-0.1, -0.05) is 24.3 Å². The summed E-state index contributed by atoms with van der Waals surface area (Å²) in [6.45, 7) is 3.45. The minimum absolute atomic E-state index is 0.158. The van der Waals surface area contributed by atoms with Crippen molar-refractivity contribution in [2.24, 2.45) is 0 Å². The first-order valence-corrected chi connectivity index (χ1v) is 10.9. The second-order valence-electron chi connectivity index (χ2n) is 6.95. The van der Waals surface area contributed by atoms with Gasteiger partial charge in [0.15, 0.2) is 11.5 Å². The van der Waals surface area contributed by atoms with Crippen molar-refractivity contribution in [3.05, 3.63) is 64.1 Å². The van der Waals surface area contributed by atoms with E-state index >= 15 is 0 Å². The van der Waals surface area contributed by atoms with Gasteiger partial charge in [-0.05, 0) is 55.4 Å². The molecule has 1 aliphatic heterocycles. The van der Waals surface area contributed by atoms with Crippen molar-refractivity contribution in [3.8, 4) is 17.6 Å². The van der Waals surface area contributed by atoms with E-state index in [4.69, 9.17) is 14.2 Å². The zero-order chi connectivity index (χ0) is 24.0. The van der Waals surface area contributed by atoms with Crippen LogP contribution in [0.4, 0.5) is 4.79 Å². The Kier molecular flexibility index (Phi) is 7.74. The van der Waals surface area contributed by atoms with Crippen LogP contribution in [-0.2, 0) is 20.9 Å². The molecule has 33 heavy (non-hydrogen) atoms. The van der Waals surface area contributed by atoms with E-state index < -0.39 is 23.2 Å². The monoisotopic (exact) mass is 466 g/mol.